The van der Waals surface area contributed by atoms with E-state index in [9.17, 15) is 29.3 Å². The van der Waals surface area contributed by atoms with Crippen LogP contribution >= 0.6 is 0 Å². The van der Waals surface area contributed by atoms with Crippen LogP contribution < -0.4 is 10.2 Å². The van der Waals surface area contributed by atoms with Crippen molar-refractivity contribution in [3.8, 4) is 0 Å². The average Bonchev–Trinajstić information content (AvgIpc) is 3.43. The first kappa shape index (κ1) is 23.1. The van der Waals surface area contributed by atoms with E-state index in [4.69, 9.17) is 0 Å². The van der Waals surface area contributed by atoms with Gasteiger partial charge in [0.15, 0.2) is 0 Å². The third-order valence-electron chi connectivity index (χ3n) is 6.18. The van der Waals surface area contributed by atoms with Crippen LogP contribution in [0, 0.1) is 10.1 Å². The summed E-state index contributed by atoms with van der Waals surface area (Å²) < 4.78 is 0. The molecule has 2 aliphatic rings. The summed E-state index contributed by atoms with van der Waals surface area (Å²) in [5, 5.41) is 13.6. The number of imide groups is 1. The molecule has 1 aliphatic carbocycles. The van der Waals surface area contributed by atoms with Crippen molar-refractivity contribution in [2.24, 2.45) is 0 Å². The number of anilines is 2. The molecule has 1 saturated carbocycles. The fourth-order valence-electron chi connectivity index (χ4n) is 4.62. The van der Waals surface area contributed by atoms with E-state index >= 15 is 0 Å². The van der Waals surface area contributed by atoms with E-state index in [1.54, 1.807) is 24.3 Å². The largest absolute Gasteiger partial charge is 0.326 e. The topological polar surface area (TPSA) is 130 Å². The van der Waals surface area contributed by atoms with Gasteiger partial charge in [0.2, 0.25) is 11.8 Å². The summed E-state index contributed by atoms with van der Waals surface area (Å²) in [4.78, 5) is 64.0. The van der Waals surface area contributed by atoms with Crippen LogP contribution in [0.2, 0.25) is 0 Å². The van der Waals surface area contributed by atoms with Crippen LogP contribution in [0.3, 0.4) is 0 Å². The Balaban J connectivity index is 1.61. The second-order valence-corrected chi connectivity index (χ2v) is 8.47. The lowest BCUT2D eigenvalue weighted by Gasteiger charge is -2.33. The zero-order valence-corrected chi connectivity index (χ0v) is 18.6. The van der Waals surface area contributed by atoms with Crippen LogP contribution in [-0.2, 0) is 14.4 Å². The molecule has 1 unspecified atom stereocenters. The van der Waals surface area contributed by atoms with E-state index in [0.717, 1.165) is 30.6 Å². The first-order chi connectivity index (χ1) is 16.3. The molecule has 0 spiro atoms. The van der Waals surface area contributed by atoms with Gasteiger partial charge in [-0.1, -0.05) is 12.8 Å². The van der Waals surface area contributed by atoms with Crippen LogP contribution in [0.25, 0.3) is 0 Å². The lowest BCUT2D eigenvalue weighted by molar-refractivity contribution is -0.384. The van der Waals surface area contributed by atoms with E-state index in [-0.39, 0.29) is 29.6 Å². The monoisotopic (exact) mass is 464 g/mol. The Morgan fingerprint density at radius 3 is 2.21 bits per heavy atom. The zero-order chi connectivity index (χ0) is 24.4. The number of nitro benzene ring substituents is 1. The number of nitrogens with zero attached hydrogens (tertiary/aromatic N) is 3. The average molecular weight is 464 g/mol. The molecule has 0 aromatic heterocycles. The SMILES string of the molecule is CC(=O)Nc1ccc(N2C(=O)CC(N(C(=O)c3ccc([N+](=O)[O-])cc3)C3CCCC3)C2=O)cc1. The molecule has 0 radical (unpaired) electrons. The Kier molecular flexibility index (Phi) is 6.40. The molecule has 1 heterocycles. The first-order valence-electron chi connectivity index (χ1n) is 11.1. The minimum atomic E-state index is -0.951. The fourth-order valence-corrected chi connectivity index (χ4v) is 4.62. The maximum absolute atomic E-state index is 13.5. The highest BCUT2D eigenvalue weighted by Gasteiger charge is 2.47. The molecule has 0 bridgehead atoms. The molecule has 34 heavy (non-hydrogen) atoms. The Labute approximate surface area is 195 Å². The standard InChI is InChI=1S/C24H24N4O6/c1-15(29)25-17-8-12-19(13-9-17)27-22(30)14-21(24(27)32)26(18-4-2-3-5-18)23(31)16-6-10-20(11-7-16)28(33)34/h6-13,18,21H,2-5,14H2,1H3,(H,25,29). The van der Waals surface area contributed by atoms with Crippen LogP contribution in [0.1, 0.15) is 49.4 Å². The van der Waals surface area contributed by atoms with Crippen LogP contribution in [-0.4, -0.2) is 45.5 Å². The molecule has 10 heteroatoms. The number of carbonyl (C=O) groups is 4. The van der Waals surface area contributed by atoms with Crippen molar-refractivity contribution in [1.29, 1.82) is 0 Å². The number of nitrogens with one attached hydrogen (secondary N) is 1. The van der Waals surface area contributed by atoms with Crippen molar-refractivity contribution in [3.63, 3.8) is 0 Å². The Morgan fingerprint density at radius 1 is 1.03 bits per heavy atom. The molecule has 4 amide bonds. The third-order valence-corrected chi connectivity index (χ3v) is 6.18. The van der Waals surface area contributed by atoms with Crippen LogP contribution in [0.15, 0.2) is 48.5 Å². The number of amides is 4. The Hall–Kier alpha value is -4.08. The molecule has 176 valence electrons. The lowest BCUT2D eigenvalue weighted by Crippen LogP contribution is -2.50. The molecule has 2 aromatic carbocycles. The molecule has 1 aliphatic heterocycles. The van der Waals surface area contributed by atoms with Crippen LogP contribution in [0.5, 0.6) is 0 Å². The minimum absolute atomic E-state index is 0.134. The van der Waals surface area contributed by atoms with Gasteiger partial charge in [-0.05, 0) is 49.2 Å². The van der Waals surface area contributed by atoms with Crippen molar-refractivity contribution in [2.75, 3.05) is 10.2 Å². The van der Waals surface area contributed by atoms with E-state index in [0.29, 0.717) is 11.4 Å². The molecular formula is C24H24N4O6. The fraction of sp³-hybridized carbons (Fsp3) is 0.333. The van der Waals surface area contributed by atoms with Gasteiger partial charge in [0.25, 0.3) is 17.5 Å². The van der Waals surface area contributed by atoms with E-state index in [2.05, 4.69) is 5.32 Å². The third kappa shape index (κ3) is 4.52. The highest BCUT2D eigenvalue weighted by molar-refractivity contribution is 6.23. The zero-order valence-electron chi connectivity index (χ0n) is 18.6. The summed E-state index contributed by atoms with van der Waals surface area (Å²) in [6.07, 6.45) is 3.14. The number of rotatable bonds is 6. The Morgan fingerprint density at radius 2 is 1.65 bits per heavy atom. The highest BCUT2D eigenvalue weighted by Crippen LogP contribution is 2.33. The van der Waals surface area contributed by atoms with Gasteiger partial charge in [0.1, 0.15) is 6.04 Å². The summed E-state index contributed by atoms with van der Waals surface area (Å²) in [6.45, 7) is 1.38. The quantitative estimate of drug-likeness (QED) is 0.397. The van der Waals surface area contributed by atoms with E-state index < -0.39 is 28.7 Å². The minimum Gasteiger partial charge on any atom is -0.326 e. The van der Waals surface area contributed by atoms with Gasteiger partial charge in [-0.2, -0.15) is 0 Å². The second-order valence-electron chi connectivity index (χ2n) is 8.47. The molecule has 2 fully saturated rings. The molecule has 1 atom stereocenters. The predicted octanol–water partition coefficient (Wildman–Crippen LogP) is 3.27. The van der Waals surface area contributed by atoms with Crippen molar-refractivity contribution in [2.45, 2.75) is 51.1 Å². The van der Waals surface area contributed by atoms with Gasteiger partial charge in [0, 0.05) is 36.3 Å². The van der Waals surface area contributed by atoms with Gasteiger partial charge in [-0.3, -0.25) is 29.3 Å². The van der Waals surface area contributed by atoms with Crippen molar-refractivity contribution >= 4 is 40.7 Å². The second kappa shape index (κ2) is 9.42. The van der Waals surface area contributed by atoms with Gasteiger partial charge < -0.3 is 10.2 Å². The van der Waals surface area contributed by atoms with Crippen molar-refractivity contribution < 1.29 is 24.1 Å². The maximum Gasteiger partial charge on any atom is 0.269 e. The summed E-state index contributed by atoms with van der Waals surface area (Å²) >= 11 is 0. The number of benzene rings is 2. The highest BCUT2D eigenvalue weighted by atomic mass is 16.6. The summed E-state index contributed by atoms with van der Waals surface area (Å²) in [5.41, 5.74) is 0.995. The number of non-ortho nitro benzene ring substituents is 1. The first-order valence-corrected chi connectivity index (χ1v) is 11.1. The number of hydrogen-bond donors (Lipinski definition) is 1. The van der Waals surface area contributed by atoms with Gasteiger partial charge in [-0.25, -0.2) is 4.90 Å². The van der Waals surface area contributed by atoms with Crippen molar-refractivity contribution in [3.05, 3.63) is 64.2 Å². The summed E-state index contributed by atoms with van der Waals surface area (Å²) in [7, 11) is 0. The molecule has 1 saturated heterocycles. The molecule has 10 nitrogen and oxygen atoms in total. The van der Waals surface area contributed by atoms with Crippen molar-refractivity contribution in [1.82, 2.24) is 4.90 Å². The lowest BCUT2D eigenvalue weighted by atomic mass is 10.1. The number of hydrogen-bond acceptors (Lipinski definition) is 6. The number of carbonyl (C=O) groups excluding carboxylic acids is 4. The van der Waals surface area contributed by atoms with Gasteiger partial charge in [0.05, 0.1) is 17.0 Å². The molecule has 2 aromatic rings. The van der Waals surface area contributed by atoms with Gasteiger partial charge >= 0.3 is 0 Å². The molecular weight excluding hydrogens is 440 g/mol. The van der Waals surface area contributed by atoms with E-state index in [1.165, 1.54) is 36.1 Å². The molecule has 1 N–H and O–H groups in total. The normalized spacial score (nSPS) is 18.3. The van der Waals surface area contributed by atoms with Gasteiger partial charge in [-0.15, -0.1) is 0 Å². The summed E-state index contributed by atoms with van der Waals surface area (Å²) in [6, 6.07) is 10.5. The smallest absolute Gasteiger partial charge is 0.269 e. The summed E-state index contributed by atoms with van der Waals surface area (Å²) in [5.74, 6) is -1.56. The van der Waals surface area contributed by atoms with Crippen LogP contribution in [0.4, 0.5) is 17.1 Å². The maximum atomic E-state index is 13.5. The molecule has 4 rings (SSSR count). The number of nitro groups is 1. The Bertz CT molecular complexity index is 1140. The predicted molar refractivity (Wildman–Crippen MR) is 123 cm³/mol. The van der Waals surface area contributed by atoms with E-state index in [1.807, 2.05) is 0 Å².